The minimum atomic E-state index is -0.0524. The molecule has 2 aliphatic rings. The third-order valence-electron chi connectivity index (χ3n) is 4.45. The van der Waals surface area contributed by atoms with Crippen LogP contribution in [-0.4, -0.2) is 33.6 Å². The highest BCUT2D eigenvalue weighted by Gasteiger charge is 2.36. The van der Waals surface area contributed by atoms with Crippen molar-refractivity contribution in [1.82, 2.24) is 15.1 Å². The van der Waals surface area contributed by atoms with Crippen LogP contribution in [0, 0.1) is 5.92 Å². The molecule has 1 aliphatic carbocycles. The quantitative estimate of drug-likeness (QED) is 0.796. The lowest BCUT2D eigenvalue weighted by Crippen LogP contribution is -2.49. The summed E-state index contributed by atoms with van der Waals surface area (Å²) in [5.74, 6) is 0.592. The standard InChI is InChI=1S/C14H17Cl2N3O/c15-12-8-10(13(16)18-17-12)14(20)19-7-3-5-9-4-1-2-6-11(9)19/h8-9,11H,1-7H2. The largest absolute Gasteiger partial charge is 0.335 e. The zero-order chi connectivity index (χ0) is 14.1. The summed E-state index contributed by atoms with van der Waals surface area (Å²) in [5, 5.41) is 7.74. The van der Waals surface area contributed by atoms with E-state index in [0.717, 1.165) is 19.4 Å². The molecule has 0 bridgehead atoms. The van der Waals surface area contributed by atoms with E-state index >= 15 is 0 Å². The second kappa shape index (κ2) is 5.86. The van der Waals surface area contributed by atoms with Gasteiger partial charge in [-0.25, -0.2) is 0 Å². The Labute approximate surface area is 128 Å². The Morgan fingerprint density at radius 3 is 2.75 bits per heavy atom. The normalized spacial score (nSPS) is 26.2. The van der Waals surface area contributed by atoms with Gasteiger partial charge in [0.05, 0.1) is 5.56 Å². The van der Waals surface area contributed by atoms with Gasteiger partial charge in [0, 0.05) is 12.6 Å². The molecule has 1 aromatic rings. The molecule has 0 radical (unpaired) electrons. The predicted octanol–water partition coefficient (Wildman–Crippen LogP) is 3.58. The molecule has 3 rings (SSSR count). The van der Waals surface area contributed by atoms with Crippen molar-refractivity contribution >= 4 is 29.1 Å². The fourth-order valence-electron chi connectivity index (χ4n) is 3.53. The van der Waals surface area contributed by atoms with Gasteiger partial charge < -0.3 is 4.90 Å². The molecular weight excluding hydrogens is 297 g/mol. The molecule has 20 heavy (non-hydrogen) atoms. The first-order valence-corrected chi connectivity index (χ1v) is 7.92. The van der Waals surface area contributed by atoms with Gasteiger partial charge in [-0.2, -0.15) is 0 Å². The third-order valence-corrected chi connectivity index (χ3v) is 4.92. The Balaban J connectivity index is 1.87. The van der Waals surface area contributed by atoms with Gasteiger partial charge in [0.15, 0.2) is 10.3 Å². The van der Waals surface area contributed by atoms with Crippen molar-refractivity contribution in [2.45, 2.75) is 44.6 Å². The Kier molecular flexibility index (Phi) is 4.13. The van der Waals surface area contributed by atoms with Crippen molar-refractivity contribution in [1.29, 1.82) is 0 Å². The van der Waals surface area contributed by atoms with Gasteiger partial charge in [0.2, 0.25) is 0 Å². The summed E-state index contributed by atoms with van der Waals surface area (Å²) in [4.78, 5) is 14.7. The highest BCUT2D eigenvalue weighted by atomic mass is 35.5. The molecule has 1 saturated heterocycles. The SMILES string of the molecule is O=C(c1cc(Cl)nnc1Cl)N1CCCC2CCCCC21. The molecule has 108 valence electrons. The number of aromatic nitrogens is 2. The minimum absolute atomic E-state index is 0.0524. The van der Waals surface area contributed by atoms with Gasteiger partial charge in [0.1, 0.15) is 0 Å². The number of carbonyl (C=O) groups is 1. The number of piperidine rings is 1. The Hall–Kier alpha value is -0.870. The maximum absolute atomic E-state index is 12.7. The van der Waals surface area contributed by atoms with Gasteiger partial charge in [-0.05, 0) is 37.7 Å². The molecule has 2 heterocycles. The fourth-order valence-corrected chi connectivity index (χ4v) is 3.85. The van der Waals surface area contributed by atoms with E-state index in [9.17, 15) is 4.79 Å². The highest BCUT2D eigenvalue weighted by molar-refractivity contribution is 6.34. The first-order valence-electron chi connectivity index (χ1n) is 7.16. The number of fused-ring (bicyclic) bond motifs is 1. The van der Waals surface area contributed by atoms with E-state index in [1.807, 2.05) is 4.90 Å². The summed E-state index contributed by atoms with van der Waals surface area (Å²) in [5.41, 5.74) is 0.373. The van der Waals surface area contributed by atoms with Crippen molar-refractivity contribution in [2.75, 3.05) is 6.54 Å². The first-order chi connectivity index (χ1) is 9.66. The number of rotatable bonds is 1. The molecule has 4 nitrogen and oxygen atoms in total. The van der Waals surface area contributed by atoms with Crippen molar-refractivity contribution < 1.29 is 4.79 Å². The number of amides is 1. The van der Waals surface area contributed by atoms with Crippen LogP contribution in [-0.2, 0) is 0 Å². The van der Waals surface area contributed by atoms with E-state index in [1.54, 1.807) is 0 Å². The van der Waals surface area contributed by atoms with Gasteiger partial charge in [0.25, 0.3) is 5.91 Å². The molecule has 0 N–H and O–H groups in total. The molecule has 2 unspecified atom stereocenters. The summed E-state index contributed by atoms with van der Waals surface area (Å²) in [6.45, 7) is 0.802. The van der Waals surface area contributed by atoms with Gasteiger partial charge in [-0.3, -0.25) is 4.79 Å². The number of carbonyl (C=O) groups excluding carboxylic acids is 1. The van der Waals surface area contributed by atoms with E-state index in [0.29, 0.717) is 17.5 Å². The smallest absolute Gasteiger partial charge is 0.257 e. The summed E-state index contributed by atoms with van der Waals surface area (Å²) in [7, 11) is 0. The average molecular weight is 314 g/mol. The Morgan fingerprint density at radius 1 is 1.15 bits per heavy atom. The second-order valence-corrected chi connectivity index (χ2v) is 6.37. The lowest BCUT2D eigenvalue weighted by Gasteiger charge is -2.44. The number of hydrogen-bond donors (Lipinski definition) is 0. The zero-order valence-electron chi connectivity index (χ0n) is 11.2. The summed E-state index contributed by atoms with van der Waals surface area (Å²) in [6, 6.07) is 1.87. The van der Waals surface area contributed by atoms with Gasteiger partial charge in [-0.15, -0.1) is 10.2 Å². The minimum Gasteiger partial charge on any atom is -0.335 e. The van der Waals surface area contributed by atoms with Crippen LogP contribution in [0.3, 0.4) is 0 Å². The predicted molar refractivity (Wildman–Crippen MR) is 78.1 cm³/mol. The van der Waals surface area contributed by atoms with Crippen molar-refractivity contribution in [3.05, 3.63) is 21.9 Å². The first kappa shape index (κ1) is 14.1. The topological polar surface area (TPSA) is 46.1 Å². The van der Waals surface area contributed by atoms with E-state index in [2.05, 4.69) is 10.2 Å². The van der Waals surface area contributed by atoms with Crippen LogP contribution in [0.2, 0.25) is 10.3 Å². The molecule has 2 fully saturated rings. The second-order valence-electron chi connectivity index (χ2n) is 5.62. The molecule has 0 spiro atoms. The van der Waals surface area contributed by atoms with Crippen molar-refractivity contribution in [3.63, 3.8) is 0 Å². The van der Waals surface area contributed by atoms with Gasteiger partial charge in [-0.1, -0.05) is 36.0 Å². The molecule has 6 heteroatoms. The maximum atomic E-state index is 12.7. The van der Waals surface area contributed by atoms with E-state index < -0.39 is 0 Å². The lowest BCUT2D eigenvalue weighted by molar-refractivity contribution is 0.0390. The molecule has 1 aliphatic heterocycles. The lowest BCUT2D eigenvalue weighted by atomic mass is 9.78. The number of halogens is 2. The molecule has 1 amide bonds. The fraction of sp³-hybridized carbons (Fsp3) is 0.643. The maximum Gasteiger partial charge on any atom is 0.257 e. The molecular formula is C14H17Cl2N3O. The number of nitrogens with zero attached hydrogens (tertiary/aromatic N) is 3. The van der Waals surface area contributed by atoms with Crippen LogP contribution in [0.25, 0.3) is 0 Å². The van der Waals surface area contributed by atoms with Crippen LogP contribution in [0.4, 0.5) is 0 Å². The van der Waals surface area contributed by atoms with Crippen LogP contribution in [0.15, 0.2) is 6.07 Å². The van der Waals surface area contributed by atoms with Crippen LogP contribution >= 0.6 is 23.2 Å². The number of hydrogen-bond acceptors (Lipinski definition) is 3. The van der Waals surface area contributed by atoms with Crippen LogP contribution in [0.5, 0.6) is 0 Å². The van der Waals surface area contributed by atoms with Crippen LogP contribution in [0.1, 0.15) is 48.9 Å². The van der Waals surface area contributed by atoms with Crippen LogP contribution < -0.4 is 0 Å². The van der Waals surface area contributed by atoms with E-state index in [4.69, 9.17) is 23.2 Å². The summed E-state index contributed by atoms with van der Waals surface area (Å²) >= 11 is 11.8. The summed E-state index contributed by atoms with van der Waals surface area (Å²) < 4.78 is 0. The average Bonchev–Trinajstić information content (AvgIpc) is 2.48. The Morgan fingerprint density at radius 2 is 1.90 bits per heavy atom. The van der Waals surface area contributed by atoms with Crippen molar-refractivity contribution in [2.24, 2.45) is 5.92 Å². The highest BCUT2D eigenvalue weighted by Crippen LogP contribution is 2.36. The molecule has 1 aromatic heterocycles. The molecule has 2 atom stereocenters. The number of likely N-dealkylation sites (tertiary alicyclic amines) is 1. The molecule has 0 aromatic carbocycles. The Bertz CT molecular complexity index is 521. The molecule has 1 saturated carbocycles. The monoisotopic (exact) mass is 313 g/mol. The zero-order valence-corrected chi connectivity index (χ0v) is 12.7. The third kappa shape index (κ3) is 2.63. The summed E-state index contributed by atoms with van der Waals surface area (Å²) in [6.07, 6.45) is 7.12. The van der Waals surface area contributed by atoms with E-state index in [1.165, 1.54) is 31.7 Å². The van der Waals surface area contributed by atoms with Crippen molar-refractivity contribution in [3.8, 4) is 0 Å². The van der Waals surface area contributed by atoms with Gasteiger partial charge >= 0.3 is 0 Å². The van der Waals surface area contributed by atoms with E-state index in [-0.39, 0.29) is 16.2 Å².